The number of anilines is 2. The summed E-state index contributed by atoms with van der Waals surface area (Å²) in [7, 11) is 0. The quantitative estimate of drug-likeness (QED) is 0.369. The maximum atomic E-state index is 13.1. The predicted octanol–water partition coefficient (Wildman–Crippen LogP) is 2.92. The summed E-state index contributed by atoms with van der Waals surface area (Å²) in [6.45, 7) is 1.48. The molecule has 0 bridgehead atoms. The predicted molar refractivity (Wildman–Crippen MR) is 138 cm³/mol. The molecule has 36 heavy (non-hydrogen) atoms. The summed E-state index contributed by atoms with van der Waals surface area (Å²) < 4.78 is 6.46. The minimum absolute atomic E-state index is 0.111. The van der Waals surface area contributed by atoms with Crippen LogP contribution >= 0.6 is 0 Å². The van der Waals surface area contributed by atoms with Gasteiger partial charge in [-0.25, -0.2) is 9.59 Å². The maximum Gasteiger partial charge on any atom is 0.338 e. The van der Waals surface area contributed by atoms with Gasteiger partial charge in [0.1, 0.15) is 5.82 Å². The van der Waals surface area contributed by atoms with Crippen molar-refractivity contribution < 1.29 is 14.3 Å². The first-order valence-corrected chi connectivity index (χ1v) is 11.5. The van der Waals surface area contributed by atoms with Crippen LogP contribution in [0.1, 0.15) is 29.3 Å². The molecule has 4 rings (SSSR count). The lowest BCUT2D eigenvalue weighted by molar-refractivity contribution is -0.121. The molecule has 0 spiro atoms. The monoisotopic (exact) mass is 486 g/mol. The van der Waals surface area contributed by atoms with E-state index in [0.29, 0.717) is 12.0 Å². The van der Waals surface area contributed by atoms with E-state index in [1.807, 2.05) is 61.5 Å². The van der Waals surface area contributed by atoms with Gasteiger partial charge in [-0.3, -0.25) is 19.1 Å². The van der Waals surface area contributed by atoms with Crippen molar-refractivity contribution in [1.29, 1.82) is 0 Å². The lowest BCUT2D eigenvalue weighted by atomic mass is 10.1. The van der Waals surface area contributed by atoms with Gasteiger partial charge >= 0.3 is 11.7 Å². The highest BCUT2D eigenvalue weighted by Crippen LogP contribution is 2.19. The summed E-state index contributed by atoms with van der Waals surface area (Å²) in [5.41, 5.74) is 5.71. The number of benzene rings is 3. The standard InChI is InChI=1S/C27H26N4O5/c1-2-14-30(22(32)17-36-26(34)21-13-12-19-10-6-7-11-20(19)15-21)23-24(28)31(27(35)29-25(23)33)16-18-8-4-3-5-9-18/h3-13,15H,2,14,16-17,28H2,1H3,(H,29,33,35). The molecule has 1 amide bonds. The zero-order valence-corrected chi connectivity index (χ0v) is 19.8. The molecule has 9 heteroatoms. The smallest absolute Gasteiger partial charge is 0.338 e. The van der Waals surface area contributed by atoms with Crippen LogP contribution in [0.5, 0.6) is 0 Å². The van der Waals surface area contributed by atoms with Crippen molar-refractivity contribution in [2.24, 2.45) is 0 Å². The second-order valence-electron chi connectivity index (χ2n) is 8.25. The van der Waals surface area contributed by atoms with E-state index >= 15 is 0 Å². The number of esters is 1. The number of rotatable bonds is 8. The topological polar surface area (TPSA) is 127 Å². The van der Waals surface area contributed by atoms with Crippen LogP contribution in [0.15, 0.2) is 82.4 Å². The summed E-state index contributed by atoms with van der Waals surface area (Å²) in [4.78, 5) is 54.3. The van der Waals surface area contributed by atoms with E-state index in [4.69, 9.17) is 10.5 Å². The van der Waals surface area contributed by atoms with Crippen LogP contribution in [0.3, 0.4) is 0 Å². The molecule has 3 N–H and O–H groups in total. The normalized spacial score (nSPS) is 10.8. The van der Waals surface area contributed by atoms with Gasteiger partial charge in [-0.1, -0.05) is 67.6 Å². The number of amides is 1. The Morgan fingerprint density at radius 2 is 1.67 bits per heavy atom. The minimum atomic E-state index is -0.788. The largest absolute Gasteiger partial charge is 0.452 e. The number of carbonyl (C=O) groups is 2. The molecule has 0 unspecified atom stereocenters. The van der Waals surface area contributed by atoms with E-state index < -0.39 is 29.7 Å². The Bertz CT molecular complexity index is 1520. The van der Waals surface area contributed by atoms with Crippen LogP contribution in [0, 0.1) is 0 Å². The van der Waals surface area contributed by atoms with Crippen molar-refractivity contribution in [3.05, 3.63) is 105 Å². The van der Waals surface area contributed by atoms with Crippen LogP contribution in [-0.2, 0) is 16.1 Å². The molecule has 0 atom stereocenters. The minimum Gasteiger partial charge on any atom is -0.452 e. The van der Waals surface area contributed by atoms with Gasteiger partial charge in [0.25, 0.3) is 11.5 Å². The number of nitrogens with zero attached hydrogens (tertiary/aromatic N) is 2. The lowest BCUT2D eigenvalue weighted by Gasteiger charge is -2.24. The van der Waals surface area contributed by atoms with Crippen LogP contribution in [0.2, 0.25) is 0 Å². The number of carbonyl (C=O) groups excluding carboxylic acids is 2. The maximum absolute atomic E-state index is 13.1. The van der Waals surface area contributed by atoms with Crippen LogP contribution in [-0.4, -0.2) is 34.6 Å². The fourth-order valence-electron chi connectivity index (χ4n) is 3.95. The average molecular weight is 487 g/mol. The molecule has 0 radical (unpaired) electrons. The van der Waals surface area contributed by atoms with Gasteiger partial charge in [0.15, 0.2) is 12.3 Å². The summed E-state index contributed by atoms with van der Waals surface area (Å²) in [5, 5.41) is 1.84. The Kier molecular flexibility index (Phi) is 7.29. The van der Waals surface area contributed by atoms with Gasteiger partial charge in [0, 0.05) is 6.54 Å². The van der Waals surface area contributed by atoms with Crippen LogP contribution in [0.4, 0.5) is 11.5 Å². The molecule has 3 aromatic carbocycles. The number of fused-ring (bicyclic) bond motifs is 1. The van der Waals surface area contributed by atoms with E-state index in [9.17, 15) is 19.2 Å². The van der Waals surface area contributed by atoms with Crippen molar-refractivity contribution in [2.45, 2.75) is 19.9 Å². The van der Waals surface area contributed by atoms with Gasteiger partial charge in [-0.2, -0.15) is 0 Å². The number of H-pyrrole nitrogens is 1. The number of nitrogen functional groups attached to an aromatic ring is 1. The highest BCUT2D eigenvalue weighted by atomic mass is 16.5. The second kappa shape index (κ2) is 10.7. The second-order valence-corrected chi connectivity index (χ2v) is 8.25. The molecule has 0 aliphatic rings. The number of nitrogens with one attached hydrogen (secondary N) is 1. The summed E-state index contributed by atoms with van der Waals surface area (Å²) >= 11 is 0. The number of nitrogens with two attached hydrogens (primary N) is 1. The van der Waals surface area contributed by atoms with Gasteiger partial charge < -0.3 is 15.4 Å². The van der Waals surface area contributed by atoms with Gasteiger partial charge in [0.05, 0.1) is 12.1 Å². The van der Waals surface area contributed by atoms with Crippen molar-refractivity contribution in [1.82, 2.24) is 9.55 Å². The Hall–Kier alpha value is -4.66. The van der Waals surface area contributed by atoms with E-state index in [1.54, 1.807) is 18.2 Å². The first kappa shape index (κ1) is 24.5. The zero-order chi connectivity index (χ0) is 25.7. The average Bonchev–Trinajstić information content (AvgIpc) is 2.89. The number of hydrogen-bond acceptors (Lipinski definition) is 6. The van der Waals surface area contributed by atoms with E-state index in [-0.39, 0.29) is 24.6 Å². The molecular weight excluding hydrogens is 460 g/mol. The highest BCUT2D eigenvalue weighted by Gasteiger charge is 2.25. The molecule has 1 heterocycles. The fraction of sp³-hybridized carbons (Fsp3) is 0.185. The lowest BCUT2D eigenvalue weighted by Crippen LogP contribution is -2.43. The van der Waals surface area contributed by atoms with Crippen molar-refractivity contribution >= 4 is 34.2 Å². The number of aromatic nitrogens is 2. The Morgan fingerprint density at radius 3 is 2.39 bits per heavy atom. The Balaban J connectivity index is 1.57. The van der Waals surface area contributed by atoms with Crippen LogP contribution < -0.4 is 21.9 Å². The third-order valence-electron chi connectivity index (χ3n) is 5.73. The third kappa shape index (κ3) is 5.20. The highest BCUT2D eigenvalue weighted by molar-refractivity contribution is 5.99. The molecule has 184 valence electrons. The number of ether oxygens (including phenoxy) is 1. The van der Waals surface area contributed by atoms with Crippen molar-refractivity contribution in [3.8, 4) is 0 Å². The Morgan fingerprint density at radius 1 is 0.972 bits per heavy atom. The Labute approximate surface area is 206 Å². The molecule has 0 fully saturated rings. The SMILES string of the molecule is CCCN(C(=O)COC(=O)c1ccc2ccccc2c1)c1c(N)n(Cc2ccccc2)c(=O)[nH]c1=O. The summed E-state index contributed by atoms with van der Waals surface area (Å²) in [5.74, 6) is -1.44. The molecule has 1 aromatic heterocycles. The molecule has 0 aliphatic heterocycles. The summed E-state index contributed by atoms with van der Waals surface area (Å²) in [6, 6.07) is 21.8. The van der Waals surface area contributed by atoms with E-state index in [2.05, 4.69) is 4.98 Å². The zero-order valence-electron chi connectivity index (χ0n) is 19.8. The molecule has 0 saturated heterocycles. The molecule has 0 saturated carbocycles. The number of hydrogen-bond donors (Lipinski definition) is 2. The van der Waals surface area contributed by atoms with E-state index in [1.165, 1.54) is 4.57 Å². The van der Waals surface area contributed by atoms with Gasteiger partial charge in [-0.15, -0.1) is 0 Å². The van der Waals surface area contributed by atoms with Gasteiger partial charge in [0.2, 0.25) is 0 Å². The third-order valence-corrected chi connectivity index (χ3v) is 5.73. The molecule has 9 nitrogen and oxygen atoms in total. The number of aromatic amines is 1. The first-order valence-electron chi connectivity index (χ1n) is 11.5. The fourth-order valence-corrected chi connectivity index (χ4v) is 3.95. The van der Waals surface area contributed by atoms with Gasteiger partial charge in [-0.05, 0) is 34.9 Å². The van der Waals surface area contributed by atoms with Crippen molar-refractivity contribution in [3.63, 3.8) is 0 Å². The molecule has 0 aliphatic carbocycles. The molecule has 4 aromatic rings. The first-order chi connectivity index (χ1) is 17.4. The van der Waals surface area contributed by atoms with Crippen molar-refractivity contribution in [2.75, 3.05) is 23.8 Å². The molecular formula is C27H26N4O5. The summed E-state index contributed by atoms with van der Waals surface area (Å²) in [6.07, 6.45) is 0.501. The van der Waals surface area contributed by atoms with E-state index in [0.717, 1.165) is 21.2 Å². The van der Waals surface area contributed by atoms with Crippen LogP contribution in [0.25, 0.3) is 10.8 Å².